The van der Waals surface area contributed by atoms with Crippen molar-refractivity contribution in [2.45, 2.75) is 20.3 Å². The van der Waals surface area contributed by atoms with Crippen molar-refractivity contribution in [1.82, 2.24) is 9.80 Å². The number of carbonyl (C=O) groups is 3. The third-order valence-electron chi connectivity index (χ3n) is 3.68. The van der Waals surface area contributed by atoms with Gasteiger partial charge in [-0.25, -0.2) is 0 Å². The number of carbonyl (C=O) groups excluding carboxylic acids is 3. The minimum atomic E-state index is -0.528. The van der Waals surface area contributed by atoms with Crippen molar-refractivity contribution in [3.05, 3.63) is 21.9 Å². The normalized spacial score (nSPS) is 15.8. The Morgan fingerprint density at radius 3 is 2.36 bits per heavy atom. The molecule has 120 valence electrons. The van der Waals surface area contributed by atoms with Crippen LogP contribution in [0.25, 0.3) is 0 Å². The lowest BCUT2D eigenvalue weighted by Gasteiger charge is -2.23. The van der Waals surface area contributed by atoms with Crippen molar-refractivity contribution in [2.24, 2.45) is 11.7 Å². The summed E-state index contributed by atoms with van der Waals surface area (Å²) in [7, 11) is 0. The second-order valence-electron chi connectivity index (χ2n) is 5.69. The molecular formula is C15H21N3O3S. The number of amides is 3. The van der Waals surface area contributed by atoms with Gasteiger partial charge in [-0.3, -0.25) is 14.4 Å². The average molecular weight is 323 g/mol. The fraction of sp³-hybridized carbons (Fsp3) is 0.533. The highest BCUT2D eigenvalue weighted by Crippen LogP contribution is 2.18. The molecule has 2 heterocycles. The van der Waals surface area contributed by atoms with Crippen LogP contribution in [0.1, 0.15) is 40.3 Å². The lowest BCUT2D eigenvalue weighted by molar-refractivity contribution is -0.134. The molecule has 0 saturated carbocycles. The molecule has 22 heavy (non-hydrogen) atoms. The monoisotopic (exact) mass is 323 g/mol. The van der Waals surface area contributed by atoms with E-state index in [1.807, 2.05) is 18.7 Å². The molecular weight excluding hydrogens is 302 g/mol. The molecule has 1 saturated heterocycles. The minimum absolute atomic E-state index is 0.0299. The minimum Gasteiger partial charge on any atom is -0.366 e. The van der Waals surface area contributed by atoms with Crippen molar-refractivity contribution in [3.63, 3.8) is 0 Å². The van der Waals surface area contributed by atoms with E-state index >= 15 is 0 Å². The van der Waals surface area contributed by atoms with Crippen molar-refractivity contribution < 1.29 is 14.4 Å². The van der Waals surface area contributed by atoms with Gasteiger partial charge in [0.15, 0.2) is 0 Å². The maximum atomic E-state index is 12.5. The Balaban J connectivity index is 2.02. The second kappa shape index (κ2) is 6.91. The predicted molar refractivity (Wildman–Crippen MR) is 84.8 cm³/mol. The van der Waals surface area contributed by atoms with Crippen LogP contribution in [0.2, 0.25) is 0 Å². The molecule has 0 aromatic carbocycles. The summed E-state index contributed by atoms with van der Waals surface area (Å²) >= 11 is 1.23. The van der Waals surface area contributed by atoms with Crippen LogP contribution in [0.4, 0.5) is 0 Å². The smallest absolute Gasteiger partial charge is 0.264 e. The standard InChI is InChI=1S/C15H21N3O3S/c1-10(2)14(20)17-4-3-5-18(7-6-17)15(21)12-8-11(9-22-12)13(16)19/h8-10H,3-7H2,1-2H3,(H2,16,19). The Hall–Kier alpha value is -1.89. The second-order valence-corrected chi connectivity index (χ2v) is 6.60. The number of nitrogens with two attached hydrogens (primary N) is 1. The van der Waals surface area contributed by atoms with Crippen molar-refractivity contribution >= 4 is 29.1 Å². The van der Waals surface area contributed by atoms with E-state index in [0.717, 1.165) is 6.42 Å². The van der Waals surface area contributed by atoms with E-state index in [9.17, 15) is 14.4 Å². The van der Waals surface area contributed by atoms with Gasteiger partial charge in [0.25, 0.3) is 5.91 Å². The summed E-state index contributed by atoms with van der Waals surface area (Å²) in [6.07, 6.45) is 0.762. The first-order valence-electron chi connectivity index (χ1n) is 7.36. The van der Waals surface area contributed by atoms with Crippen molar-refractivity contribution in [1.29, 1.82) is 0 Å². The van der Waals surface area contributed by atoms with Gasteiger partial charge in [-0.1, -0.05) is 13.8 Å². The first-order valence-corrected chi connectivity index (χ1v) is 8.24. The number of primary amides is 1. The molecule has 1 aliphatic rings. The Labute approximate surface area is 133 Å². The van der Waals surface area contributed by atoms with Gasteiger partial charge in [-0.2, -0.15) is 0 Å². The predicted octanol–water partition coefficient (Wildman–Crippen LogP) is 1.18. The zero-order valence-electron chi connectivity index (χ0n) is 12.9. The number of hydrogen-bond acceptors (Lipinski definition) is 4. The van der Waals surface area contributed by atoms with Crippen LogP contribution < -0.4 is 5.73 Å². The zero-order valence-corrected chi connectivity index (χ0v) is 13.7. The van der Waals surface area contributed by atoms with Crippen molar-refractivity contribution in [2.75, 3.05) is 26.2 Å². The number of thiophene rings is 1. The van der Waals surface area contributed by atoms with Crippen molar-refractivity contribution in [3.8, 4) is 0 Å². The highest BCUT2D eigenvalue weighted by atomic mass is 32.1. The molecule has 0 bridgehead atoms. The molecule has 0 unspecified atom stereocenters. The topological polar surface area (TPSA) is 83.7 Å². The maximum Gasteiger partial charge on any atom is 0.264 e. The Morgan fingerprint density at radius 2 is 1.77 bits per heavy atom. The molecule has 1 fully saturated rings. The van der Waals surface area contributed by atoms with Crippen LogP contribution in [0.15, 0.2) is 11.4 Å². The molecule has 3 amide bonds. The van der Waals surface area contributed by atoms with Crippen LogP contribution >= 0.6 is 11.3 Å². The molecule has 2 N–H and O–H groups in total. The van der Waals surface area contributed by atoms with Crippen LogP contribution in [0.3, 0.4) is 0 Å². The van der Waals surface area contributed by atoms with Gasteiger partial charge in [0.05, 0.1) is 10.4 Å². The molecule has 1 aromatic heterocycles. The molecule has 6 nitrogen and oxygen atoms in total. The van der Waals surface area contributed by atoms with Crippen LogP contribution in [0.5, 0.6) is 0 Å². The molecule has 0 atom stereocenters. The van der Waals surface area contributed by atoms with Crippen LogP contribution in [-0.2, 0) is 4.79 Å². The molecule has 7 heteroatoms. The first-order chi connectivity index (χ1) is 10.4. The number of hydrogen-bond donors (Lipinski definition) is 1. The van der Waals surface area contributed by atoms with Gasteiger partial charge in [0.2, 0.25) is 11.8 Å². The molecule has 0 spiro atoms. The van der Waals surface area contributed by atoms with E-state index in [-0.39, 0.29) is 17.7 Å². The summed E-state index contributed by atoms with van der Waals surface area (Å²) in [6.45, 7) is 6.13. The summed E-state index contributed by atoms with van der Waals surface area (Å²) in [5.41, 5.74) is 5.57. The Morgan fingerprint density at radius 1 is 1.14 bits per heavy atom. The van der Waals surface area contributed by atoms with Gasteiger partial charge >= 0.3 is 0 Å². The Bertz CT molecular complexity index is 582. The van der Waals surface area contributed by atoms with Gasteiger partial charge < -0.3 is 15.5 Å². The largest absolute Gasteiger partial charge is 0.366 e. The van der Waals surface area contributed by atoms with Crippen LogP contribution in [0, 0.1) is 5.92 Å². The van der Waals surface area contributed by atoms with E-state index in [0.29, 0.717) is 36.6 Å². The lowest BCUT2D eigenvalue weighted by atomic mass is 10.2. The third kappa shape index (κ3) is 3.65. The molecule has 0 radical (unpaired) electrons. The third-order valence-corrected chi connectivity index (χ3v) is 4.60. The zero-order chi connectivity index (χ0) is 16.3. The van der Waals surface area contributed by atoms with E-state index in [1.54, 1.807) is 10.3 Å². The van der Waals surface area contributed by atoms with E-state index in [2.05, 4.69) is 0 Å². The van der Waals surface area contributed by atoms with Gasteiger partial charge in [0.1, 0.15) is 0 Å². The summed E-state index contributed by atoms with van der Waals surface area (Å²) in [4.78, 5) is 39.7. The number of rotatable bonds is 3. The highest BCUT2D eigenvalue weighted by molar-refractivity contribution is 7.12. The quantitative estimate of drug-likeness (QED) is 0.906. The lowest BCUT2D eigenvalue weighted by Crippen LogP contribution is -2.38. The highest BCUT2D eigenvalue weighted by Gasteiger charge is 2.24. The summed E-state index contributed by atoms with van der Waals surface area (Å²) in [5, 5.41) is 1.60. The van der Waals surface area contributed by atoms with Gasteiger partial charge in [0, 0.05) is 37.5 Å². The van der Waals surface area contributed by atoms with Gasteiger partial charge in [-0.15, -0.1) is 11.3 Å². The molecule has 1 aliphatic heterocycles. The average Bonchev–Trinajstić information content (AvgIpc) is 2.84. The van der Waals surface area contributed by atoms with E-state index in [4.69, 9.17) is 5.73 Å². The number of nitrogens with zero attached hydrogens (tertiary/aromatic N) is 2. The fourth-order valence-electron chi connectivity index (χ4n) is 2.44. The molecule has 1 aromatic rings. The van der Waals surface area contributed by atoms with Crippen LogP contribution in [-0.4, -0.2) is 53.7 Å². The van der Waals surface area contributed by atoms with Gasteiger partial charge in [-0.05, 0) is 12.5 Å². The summed E-state index contributed by atoms with van der Waals surface area (Å²) in [6, 6.07) is 1.54. The SMILES string of the molecule is CC(C)C(=O)N1CCCN(C(=O)c2cc(C(N)=O)cs2)CC1. The first kappa shape index (κ1) is 16.5. The fourth-order valence-corrected chi connectivity index (χ4v) is 3.30. The summed E-state index contributed by atoms with van der Waals surface area (Å²) in [5.74, 6) is -0.532. The maximum absolute atomic E-state index is 12.5. The summed E-state index contributed by atoms with van der Waals surface area (Å²) < 4.78 is 0. The molecule has 0 aliphatic carbocycles. The van der Waals surface area contributed by atoms with E-state index < -0.39 is 5.91 Å². The van der Waals surface area contributed by atoms with E-state index in [1.165, 1.54) is 17.4 Å². The Kier molecular flexibility index (Phi) is 5.18. The molecule has 2 rings (SSSR count).